The van der Waals surface area contributed by atoms with Gasteiger partial charge >= 0.3 is 0 Å². The van der Waals surface area contributed by atoms with E-state index in [0.717, 1.165) is 12.8 Å². The van der Waals surface area contributed by atoms with Crippen molar-refractivity contribution in [3.63, 3.8) is 0 Å². The van der Waals surface area contributed by atoms with E-state index in [9.17, 15) is 4.79 Å². The minimum absolute atomic E-state index is 0.167. The van der Waals surface area contributed by atoms with Crippen molar-refractivity contribution < 1.29 is 4.79 Å². The normalized spacial score (nSPS) is 10.1. The number of nitrogens with two attached hydrogens (primary N) is 1. The van der Waals surface area contributed by atoms with Gasteiger partial charge in [0.15, 0.2) is 0 Å². The van der Waals surface area contributed by atoms with Gasteiger partial charge in [0.25, 0.3) is 5.91 Å². The van der Waals surface area contributed by atoms with Gasteiger partial charge in [0.2, 0.25) is 0 Å². The number of nitrogens with one attached hydrogen (secondary N) is 2. The van der Waals surface area contributed by atoms with Gasteiger partial charge < -0.3 is 10.7 Å². The molecule has 0 spiro atoms. The quantitative estimate of drug-likeness (QED) is 0.424. The molecule has 1 aromatic heterocycles. The molecule has 0 aliphatic carbocycles. The molecule has 0 aliphatic heterocycles. The topological polar surface area (TPSA) is 80.0 Å². The molecule has 4 N–H and O–H groups in total. The number of amides is 1. The molecule has 1 heterocycles. The summed E-state index contributed by atoms with van der Waals surface area (Å²) in [6.45, 7) is 0.618. The number of hydrogen-bond acceptors (Lipinski definition) is 4. The lowest BCUT2D eigenvalue weighted by Gasteiger charge is -2.08. The maximum absolute atomic E-state index is 12.0. The van der Waals surface area contributed by atoms with Crippen molar-refractivity contribution in [1.29, 1.82) is 0 Å². The lowest BCUT2D eigenvalue weighted by molar-refractivity contribution is 0.0953. The number of carbonyl (C=O) groups excluding carboxylic acids is 1. The van der Waals surface area contributed by atoms with Crippen molar-refractivity contribution >= 4 is 11.6 Å². The second-order valence-corrected chi connectivity index (χ2v) is 4.41. The smallest absolute Gasteiger partial charge is 0.255 e. The molecule has 0 fully saturated rings. The Kier molecular flexibility index (Phi) is 5.08. The molecule has 0 unspecified atom stereocenters. The summed E-state index contributed by atoms with van der Waals surface area (Å²) in [5.41, 5.74) is 4.79. The average Bonchev–Trinajstić information content (AvgIpc) is 2.52. The zero-order chi connectivity index (χ0) is 14.2. The summed E-state index contributed by atoms with van der Waals surface area (Å²) in [5.74, 6) is 5.19. The zero-order valence-electron chi connectivity index (χ0n) is 11.2. The van der Waals surface area contributed by atoms with E-state index < -0.39 is 0 Å². The van der Waals surface area contributed by atoms with E-state index in [-0.39, 0.29) is 5.91 Å². The summed E-state index contributed by atoms with van der Waals surface area (Å²) < 4.78 is 0. The number of nitrogens with zero attached hydrogens (tertiary/aromatic N) is 1. The van der Waals surface area contributed by atoms with Crippen LogP contribution in [0, 0.1) is 0 Å². The highest BCUT2D eigenvalue weighted by Crippen LogP contribution is 2.11. The minimum atomic E-state index is -0.167. The fourth-order valence-electron chi connectivity index (χ4n) is 1.94. The Labute approximate surface area is 118 Å². The van der Waals surface area contributed by atoms with Gasteiger partial charge in [-0.2, -0.15) is 0 Å². The van der Waals surface area contributed by atoms with E-state index >= 15 is 0 Å². The van der Waals surface area contributed by atoms with E-state index in [1.807, 2.05) is 18.2 Å². The number of aryl methyl sites for hydroxylation is 1. The van der Waals surface area contributed by atoms with Gasteiger partial charge in [0.1, 0.15) is 0 Å². The highest BCUT2D eigenvalue weighted by Gasteiger charge is 2.09. The Bertz CT molecular complexity index is 557. The summed E-state index contributed by atoms with van der Waals surface area (Å²) in [5, 5.41) is 2.87. The van der Waals surface area contributed by atoms with Crippen LogP contribution in [0.15, 0.2) is 48.8 Å². The van der Waals surface area contributed by atoms with Crippen molar-refractivity contribution in [2.45, 2.75) is 12.8 Å². The predicted octanol–water partition coefficient (Wildman–Crippen LogP) is 1.73. The van der Waals surface area contributed by atoms with E-state index in [0.29, 0.717) is 17.8 Å². The van der Waals surface area contributed by atoms with Crippen LogP contribution in [0.3, 0.4) is 0 Å². The van der Waals surface area contributed by atoms with Crippen LogP contribution in [0.2, 0.25) is 0 Å². The number of carbonyl (C=O) groups is 1. The number of nitrogen functional groups attached to an aromatic ring is 1. The SMILES string of the molecule is NNc1ccncc1C(=O)NCCCc1ccccc1. The van der Waals surface area contributed by atoms with Gasteiger partial charge in [-0.25, -0.2) is 0 Å². The monoisotopic (exact) mass is 270 g/mol. The largest absolute Gasteiger partial charge is 0.352 e. The third kappa shape index (κ3) is 3.80. The van der Waals surface area contributed by atoms with Gasteiger partial charge in [0, 0.05) is 18.9 Å². The first-order valence-electron chi connectivity index (χ1n) is 6.54. The standard InChI is InChI=1S/C15H18N4O/c16-19-14-8-10-17-11-13(14)15(20)18-9-4-7-12-5-2-1-3-6-12/h1-3,5-6,8,10-11H,4,7,9,16H2,(H,17,19)(H,18,20). The van der Waals surface area contributed by atoms with Crippen LogP contribution >= 0.6 is 0 Å². The van der Waals surface area contributed by atoms with Crippen LogP contribution in [-0.4, -0.2) is 17.4 Å². The lowest BCUT2D eigenvalue weighted by Crippen LogP contribution is -2.26. The number of aromatic nitrogens is 1. The van der Waals surface area contributed by atoms with Crippen molar-refractivity contribution in [1.82, 2.24) is 10.3 Å². The summed E-state index contributed by atoms with van der Waals surface area (Å²) >= 11 is 0. The van der Waals surface area contributed by atoms with Crippen molar-refractivity contribution in [2.75, 3.05) is 12.0 Å². The van der Waals surface area contributed by atoms with Crippen molar-refractivity contribution in [2.24, 2.45) is 5.84 Å². The second kappa shape index (κ2) is 7.25. The van der Waals surface area contributed by atoms with Crippen molar-refractivity contribution in [3.05, 3.63) is 59.9 Å². The predicted molar refractivity (Wildman–Crippen MR) is 79.1 cm³/mol. The molecule has 20 heavy (non-hydrogen) atoms. The summed E-state index contributed by atoms with van der Waals surface area (Å²) in [7, 11) is 0. The van der Waals surface area contributed by atoms with Crippen LogP contribution in [0.5, 0.6) is 0 Å². The minimum Gasteiger partial charge on any atom is -0.352 e. The molecule has 104 valence electrons. The molecule has 1 amide bonds. The molecule has 0 radical (unpaired) electrons. The Morgan fingerprint density at radius 1 is 1.20 bits per heavy atom. The van der Waals surface area contributed by atoms with Gasteiger partial charge in [0.05, 0.1) is 11.3 Å². The second-order valence-electron chi connectivity index (χ2n) is 4.41. The van der Waals surface area contributed by atoms with Crippen LogP contribution in [-0.2, 0) is 6.42 Å². The molecule has 0 aliphatic rings. The van der Waals surface area contributed by atoms with Gasteiger partial charge in [-0.1, -0.05) is 30.3 Å². The van der Waals surface area contributed by atoms with Crippen LogP contribution in [0.25, 0.3) is 0 Å². The summed E-state index contributed by atoms with van der Waals surface area (Å²) in [6, 6.07) is 11.9. The third-order valence-corrected chi connectivity index (χ3v) is 2.99. The van der Waals surface area contributed by atoms with Crippen LogP contribution in [0.4, 0.5) is 5.69 Å². The molecule has 5 heteroatoms. The fraction of sp³-hybridized carbons (Fsp3) is 0.200. The van der Waals surface area contributed by atoms with E-state index in [2.05, 4.69) is 27.9 Å². The molecular formula is C15H18N4O. The number of anilines is 1. The lowest BCUT2D eigenvalue weighted by atomic mass is 10.1. The Hall–Kier alpha value is -2.40. The molecule has 0 atom stereocenters. The molecule has 0 saturated carbocycles. The number of hydrogen-bond donors (Lipinski definition) is 3. The molecule has 0 saturated heterocycles. The maximum Gasteiger partial charge on any atom is 0.255 e. The average molecular weight is 270 g/mol. The summed E-state index contributed by atoms with van der Waals surface area (Å²) in [4.78, 5) is 15.9. The number of pyridine rings is 1. The van der Waals surface area contributed by atoms with E-state index in [1.54, 1.807) is 12.3 Å². The van der Waals surface area contributed by atoms with Crippen LogP contribution < -0.4 is 16.6 Å². The molecule has 2 aromatic rings. The highest BCUT2D eigenvalue weighted by molar-refractivity contribution is 5.99. The number of benzene rings is 1. The number of hydrazine groups is 1. The first kappa shape index (κ1) is 14.0. The zero-order valence-corrected chi connectivity index (χ0v) is 11.2. The molecule has 5 nitrogen and oxygen atoms in total. The highest BCUT2D eigenvalue weighted by atomic mass is 16.1. The summed E-state index contributed by atoms with van der Waals surface area (Å²) in [6.07, 6.45) is 4.92. The fourth-order valence-corrected chi connectivity index (χ4v) is 1.94. The van der Waals surface area contributed by atoms with Gasteiger partial charge in [-0.05, 0) is 24.5 Å². The molecule has 2 rings (SSSR count). The Morgan fingerprint density at radius 2 is 2.00 bits per heavy atom. The maximum atomic E-state index is 12.0. The number of rotatable bonds is 6. The van der Waals surface area contributed by atoms with E-state index in [4.69, 9.17) is 5.84 Å². The van der Waals surface area contributed by atoms with Gasteiger partial charge in [-0.15, -0.1) is 0 Å². The molecule has 1 aromatic carbocycles. The van der Waals surface area contributed by atoms with E-state index in [1.165, 1.54) is 11.8 Å². The first-order valence-corrected chi connectivity index (χ1v) is 6.54. The van der Waals surface area contributed by atoms with Gasteiger partial charge in [-0.3, -0.25) is 15.6 Å². The first-order chi connectivity index (χ1) is 9.81. The third-order valence-electron chi connectivity index (χ3n) is 2.99. The molecular weight excluding hydrogens is 252 g/mol. The Balaban J connectivity index is 1.81. The molecule has 0 bridgehead atoms. The Morgan fingerprint density at radius 3 is 2.75 bits per heavy atom. The van der Waals surface area contributed by atoms with Crippen LogP contribution in [0.1, 0.15) is 22.3 Å². The van der Waals surface area contributed by atoms with Crippen molar-refractivity contribution in [3.8, 4) is 0 Å².